The SMILES string of the molecule is CC(=O)c1cnc(-c2ccccc2)c(-c2ccccc2)n1. The van der Waals surface area contributed by atoms with Gasteiger partial charge in [-0.25, -0.2) is 4.98 Å². The molecule has 0 spiro atoms. The minimum atomic E-state index is -0.0840. The predicted molar refractivity (Wildman–Crippen MR) is 82.9 cm³/mol. The van der Waals surface area contributed by atoms with E-state index in [9.17, 15) is 4.79 Å². The molecule has 0 saturated heterocycles. The summed E-state index contributed by atoms with van der Waals surface area (Å²) >= 11 is 0. The fourth-order valence-electron chi connectivity index (χ4n) is 2.16. The smallest absolute Gasteiger partial charge is 0.179 e. The summed E-state index contributed by atoms with van der Waals surface area (Å²) in [5.41, 5.74) is 3.83. The average molecular weight is 274 g/mol. The van der Waals surface area contributed by atoms with Crippen molar-refractivity contribution in [3.8, 4) is 22.5 Å². The molecule has 2 aromatic carbocycles. The molecule has 0 unspecified atom stereocenters. The first kappa shape index (κ1) is 13.2. The van der Waals surface area contributed by atoms with Gasteiger partial charge in [-0.15, -0.1) is 0 Å². The van der Waals surface area contributed by atoms with Crippen LogP contribution >= 0.6 is 0 Å². The Labute approximate surface area is 123 Å². The topological polar surface area (TPSA) is 42.9 Å². The Kier molecular flexibility index (Phi) is 3.56. The highest BCUT2D eigenvalue weighted by atomic mass is 16.1. The predicted octanol–water partition coefficient (Wildman–Crippen LogP) is 4.01. The zero-order chi connectivity index (χ0) is 14.7. The van der Waals surface area contributed by atoms with E-state index in [0.29, 0.717) is 5.69 Å². The van der Waals surface area contributed by atoms with Gasteiger partial charge in [-0.05, 0) is 0 Å². The number of carbonyl (C=O) groups excluding carboxylic acids is 1. The average Bonchev–Trinajstić information content (AvgIpc) is 2.56. The lowest BCUT2D eigenvalue weighted by atomic mass is 10.0. The van der Waals surface area contributed by atoms with Crippen molar-refractivity contribution in [2.24, 2.45) is 0 Å². The third-order valence-electron chi connectivity index (χ3n) is 3.23. The van der Waals surface area contributed by atoms with Crippen LogP contribution in [0, 0.1) is 0 Å². The first-order chi connectivity index (χ1) is 10.3. The van der Waals surface area contributed by atoms with Crippen molar-refractivity contribution in [1.82, 2.24) is 9.97 Å². The largest absolute Gasteiger partial charge is 0.293 e. The quantitative estimate of drug-likeness (QED) is 0.678. The van der Waals surface area contributed by atoms with Crippen molar-refractivity contribution >= 4 is 5.78 Å². The van der Waals surface area contributed by atoms with Crippen LogP contribution < -0.4 is 0 Å². The van der Waals surface area contributed by atoms with Crippen LogP contribution in [-0.2, 0) is 0 Å². The third kappa shape index (κ3) is 2.72. The summed E-state index contributed by atoms with van der Waals surface area (Å²) in [6.07, 6.45) is 1.54. The minimum Gasteiger partial charge on any atom is -0.293 e. The number of aromatic nitrogens is 2. The summed E-state index contributed by atoms with van der Waals surface area (Å²) in [4.78, 5) is 20.5. The zero-order valence-corrected chi connectivity index (χ0v) is 11.7. The van der Waals surface area contributed by atoms with Crippen LogP contribution in [-0.4, -0.2) is 15.8 Å². The summed E-state index contributed by atoms with van der Waals surface area (Å²) in [6.45, 7) is 1.50. The van der Waals surface area contributed by atoms with E-state index in [4.69, 9.17) is 0 Å². The summed E-state index contributed by atoms with van der Waals surface area (Å²) < 4.78 is 0. The molecule has 0 fully saturated rings. The maximum absolute atomic E-state index is 11.6. The summed E-state index contributed by atoms with van der Waals surface area (Å²) in [6, 6.07) is 19.7. The number of hydrogen-bond donors (Lipinski definition) is 0. The van der Waals surface area contributed by atoms with Gasteiger partial charge in [0.05, 0.1) is 17.6 Å². The summed E-state index contributed by atoms with van der Waals surface area (Å²) in [5.74, 6) is -0.0840. The van der Waals surface area contributed by atoms with Gasteiger partial charge in [-0.3, -0.25) is 9.78 Å². The standard InChI is InChI=1S/C18H14N2O/c1-13(21)16-12-19-17(14-8-4-2-5-9-14)18(20-16)15-10-6-3-7-11-15/h2-12H,1H3. The van der Waals surface area contributed by atoms with E-state index in [1.54, 1.807) is 0 Å². The lowest BCUT2D eigenvalue weighted by molar-refractivity contribution is 0.101. The van der Waals surface area contributed by atoms with Gasteiger partial charge in [0, 0.05) is 18.1 Å². The lowest BCUT2D eigenvalue weighted by Gasteiger charge is -2.09. The van der Waals surface area contributed by atoms with Crippen molar-refractivity contribution in [3.05, 3.63) is 72.6 Å². The van der Waals surface area contributed by atoms with Crippen LogP contribution in [0.1, 0.15) is 17.4 Å². The van der Waals surface area contributed by atoms with Crippen LogP contribution in [0.5, 0.6) is 0 Å². The van der Waals surface area contributed by atoms with E-state index in [2.05, 4.69) is 9.97 Å². The molecule has 1 aromatic heterocycles. The maximum Gasteiger partial charge on any atom is 0.179 e. The highest BCUT2D eigenvalue weighted by molar-refractivity contribution is 5.93. The van der Waals surface area contributed by atoms with E-state index in [1.165, 1.54) is 13.1 Å². The van der Waals surface area contributed by atoms with Crippen LogP contribution in [0.3, 0.4) is 0 Å². The Bertz CT molecular complexity index is 768. The third-order valence-corrected chi connectivity index (χ3v) is 3.23. The first-order valence-electron chi connectivity index (χ1n) is 6.74. The van der Waals surface area contributed by atoms with E-state index in [0.717, 1.165) is 22.5 Å². The second-order valence-electron chi connectivity index (χ2n) is 4.74. The van der Waals surface area contributed by atoms with E-state index < -0.39 is 0 Å². The molecule has 3 rings (SSSR count). The number of nitrogens with zero attached hydrogens (tertiary/aromatic N) is 2. The van der Waals surface area contributed by atoms with Gasteiger partial charge in [0.1, 0.15) is 5.69 Å². The highest BCUT2D eigenvalue weighted by Gasteiger charge is 2.13. The molecule has 0 N–H and O–H groups in total. The molecule has 0 bridgehead atoms. The number of rotatable bonds is 3. The molecular formula is C18H14N2O. The first-order valence-corrected chi connectivity index (χ1v) is 6.74. The molecule has 3 heteroatoms. The number of benzene rings is 2. The van der Waals surface area contributed by atoms with Crippen molar-refractivity contribution in [2.75, 3.05) is 0 Å². The molecule has 0 radical (unpaired) electrons. The molecule has 0 aliphatic rings. The Morgan fingerprint density at radius 1 is 0.810 bits per heavy atom. The highest BCUT2D eigenvalue weighted by Crippen LogP contribution is 2.28. The molecule has 0 amide bonds. The van der Waals surface area contributed by atoms with Gasteiger partial charge < -0.3 is 0 Å². The maximum atomic E-state index is 11.6. The number of hydrogen-bond acceptors (Lipinski definition) is 3. The van der Waals surface area contributed by atoms with Crippen LogP contribution in [0.4, 0.5) is 0 Å². The Balaban J connectivity index is 2.23. The second-order valence-corrected chi connectivity index (χ2v) is 4.74. The lowest BCUT2D eigenvalue weighted by Crippen LogP contribution is -2.02. The number of ketones is 1. The molecular weight excluding hydrogens is 260 g/mol. The van der Waals surface area contributed by atoms with Gasteiger partial charge in [0.25, 0.3) is 0 Å². The molecule has 3 nitrogen and oxygen atoms in total. The zero-order valence-electron chi connectivity index (χ0n) is 11.7. The van der Waals surface area contributed by atoms with Crippen LogP contribution in [0.2, 0.25) is 0 Å². The molecule has 0 atom stereocenters. The van der Waals surface area contributed by atoms with E-state index in [1.807, 2.05) is 60.7 Å². The number of Topliss-reactive ketones (excluding diaryl/α,β-unsaturated/α-hetero) is 1. The minimum absolute atomic E-state index is 0.0840. The van der Waals surface area contributed by atoms with Crippen molar-refractivity contribution < 1.29 is 4.79 Å². The van der Waals surface area contributed by atoms with Crippen molar-refractivity contribution in [2.45, 2.75) is 6.92 Å². The molecule has 0 aliphatic heterocycles. The monoisotopic (exact) mass is 274 g/mol. The van der Waals surface area contributed by atoms with E-state index >= 15 is 0 Å². The van der Waals surface area contributed by atoms with Crippen molar-refractivity contribution in [1.29, 1.82) is 0 Å². The second kappa shape index (κ2) is 5.67. The molecule has 102 valence electrons. The van der Waals surface area contributed by atoms with Crippen molar-refractivity contribution in [3.63, 3.8) is 0 Å². The molecule has 0 aliphatic carbocycles. The molecule has 1 heterocycles. The molecule has 21 heavy (non-hydrogen) atoms. The van der Waals surface area contributed by atoms with Gasteiger partial charge in [0.15, 0.2) is 5.78 Å². The molecule has 3 aromatic rings. The van der Waals surface area contributed by atoms with Gasteiger partial charge >= 0.3 is 0 Å². The summed E-state index contributed by atoms with van der Waals surface area (Å²) in [7, 11) is 0. The van der Waals surface area contributed by atoms with Crippen LogP contribution in [0.25, 0.3) is 22.5 Å². The fraction of sp³-hybridized carbons (Fsp3) is 0.0556. The van der Waals surface area contributed by atoms with Gasteiger partial charge in [0.2, 0.25) is 0 Å². The van der Waals surface area contributed by atoms with Gasteiger partial charge in [-0.2, -0.15) is 0 Å². The number of carbonyl (C=O) groups is 1. The fourth-order valence-corrected chi connectivity index (χ4v) is 2.16. The normalized spacial score (nSPS) is 10.3. The summed E-state index contributed by atoms with van der Waals surface area (Å²) in [5, 5.41) is 0. The Hall–Kier alpha value is -2.81. The van der Waals surface area contributed by atoms with E-state index in [-0.39, 0.29) is 5.78 Å². The Morgan fingerprint density at radius 3 is 1.86 bits per heavy atom. The van der Waals surface area contributed by atoms with Gasteiger partial charge in [-0.1, -0.05) is 60.7 Å². The molecule has 0 saturated carbocycles. The van der Waals surface area contributed by atoms with Crippen LogP contribution in [0.15, 0.2) is 66.9 Å². The Morgan fingerprint density at radius 2 is 1.33 bits per heavy atom.